The van der Waals surface area contributed by atoms with Crippen molar-refractivity contribution in [1.82, 2.24) is 72.9 Å². The van der Waals surface area contributed by atoms with E-state index in [2.05, 4.69) is 52.1 Å². The van der Waals surface area contributed by atoms with Gasteiger partial charge in [-0.2, -0.15) is 69.8 Å². The number of hydrogen-bond donors (Lipinski definition) is 2. The van der Waals surface area contributed by atoms with Crippen LogP contribution < -0.4 is 50.8 Å². The van der Waals surface area contributed by atoms with Gasteiger partial charge < -0.3 is 39.3 Å². The first-order valence-corrected chi connectivity index (χ1v) is 33.8. The van der Waals surface area contributed by atoms with Gasteiger partial charge in [-0.3, -0.25) is 42.1 Å². The number of ether oxygens (including phenoxy) is 6. The van der Waals surface area contributed by atoms with Gasteiger partial charge in [0.05, 0.1) is 74.6 Å². The van der Waals surface area contributed by atoms with Crippen molar-refractivity contribution in [2.24, 2.45) is 5.73 Å². The molecule has 6 aromatic carbocycles. The number of rotatable bonds is 21. The second kappa shape index (κ2) is 31.9. The van der Waals surface area contributed by atoms with Crippen molar-refractivity contribution in [1.29, 1.82) is 0 Å². The van der Waals surface area contributed by atoms with Crippen molar-refractivity contribution in [3.05, 3.63) is 213 Å². The van der Waals surface area contributed by atoms with Crippen molar-refractivity contribution >= 4 is 66.2 Å². The maximum atomic E-state index is 13.8. The van der Waals surface area contributed by atoms with E-state index in [1.54, 1.807) is 131 Å². The van der Waals surface area contributed by atoms with E-state index in [-0.39, 0.29) is 63.8 Å². The normalized spacial score (nSPS) is 11.8. The third kappa shape index (κ3) is 17.3. The minimum atomic E-state index is -4.54. The van der Waals surface area contributed by atoms with E-state index in [4.69, 9.17) is 34.2 Å². The molecule has 3 N–H and O–H groups in total. The van der Waals surface area contributed by atoms with Crippen LogP contribution in [0.1, 0.15) is 13.3 Å². The first-order valence-electron chi connectivity index (χ1n) is 33.8. The summed E-state index contributed by atoms with van der Waals surface area (Å²) >= 11 is 0. The Morgan fingerprint density at radius 2 is 0.667 bits per heavy atom. The quantitative estimate of drug-likeness (QED) is 0.0632. The highest BCUT2D eigenvalue weighted by molar-refractivity contribution is 5.88. The van der Waals surface area contributed by atoms with Crippen molar-refractivity contribution in [3.8, 4) is 85.7 Å². The molecule has 570 valence electrons. The minimum absolute atomic E-state index is 0.0374. The van der Waals surface area contributed by atoms with Crippen LogP contribution in [0.25, 0.3) is 117 Å². The summed E-state index contributed by atoms with van der Waals surface area (Å²) in [5.74, 6) is 0.853. The van der Waals surface area contributed by atoms with E-state index >= 15 is 0 Å². The highest BCUT2D eigenvalue weighted by Gasteiger charge is 2.32. The van der Waals surface area contributed by atoms with Gasteiger partial charge >= 0.3 is 18.5 Å². The Hall–Kier alpha value is -13.3. The van der Waals surface area contributed by atoms with Gasteiger partial charge in [0.2, 0.25) is 17.6 Å². The summed E-state index contributed by atoms with van der Waals surface area (Å²) in [6.45, 7) is -0.466. The summed E-state index contributed by atoms with van der Waals surface area (Å²) in [5.41, 5.74) is 10.7. The van der Waals surface area contributed by atoms with Crippen LogP contribution in [-0.4, -0.2) is 151 Å². The zero-order chi connectivity index (χ0) is 78.5. The summed E-state index contributed by atoms with van der Waals surface area (Å²) in [6.07, 6.45) is -7.18. The molecule has 0 unspecified atom stereocenters. The zero-order valence-electron chi connectivity index (χ0n) is 59.0. The van der Waals surface area contributed by atoms with Gasteiger partial charge in [-0.25, -0.2) is 15.0 Å². The van der Waals surface area contributed by atoms with Gasteiger partial charge in [0, 0.05) is 82.7 Å². The van der Waals surface area contributed by atoms with Crippen LogP contribution in [0.3, 0.4) is 0 Å². The molecule has 0 aliphatic rings. The summed E-state index contributed by atoms with van der Waals surface area (Å²) in [6, 6.07) is 44.1. The number of benzene rings is 6. The number of aryl methyl sites for hydroxylation is 1. The van der Waals surface area contributed by atoms with Crippen molar-refractivity contribution in [2.45, 2.75) is 51.5 Å². The van der Waals surface area contributed by atoms with E-state index in [1.807, 2.05) is 29.2 Å². The predicted molar refractivity (Wildman–Crippen MR) is 392 cm³/mol. The Morgan fingerprint density at radius 1 is 0.378 bits per heavy atom. The number of aromatic nitrogens is 15. The lowest BCUT2D eigenvalue weighted by atomic mass is 10.1. The largest absolute Gasteiger partial charge is 0.497 e. The second-order valence-corrected chi connectivity index (χ2v) is 24.6. The summed E-state index contributed by atoms with van der Waals surface area (Å²) in [5, 5.41) is 25.0. The molecule has 26 nitrogen and oxygen atoms in total. The number of alkyl halides is 9. The van der Waals surface area contributed by atoms with E-state index < -0.39 is 55.0 Å². The van der Waals surface area contributed by atoms with Gasteiger partial charge in [0.1, 0.15) is 50.9 Å². The van der Waals surface area contributed by atoms with Crippen molar-refractivity contribution in [2.75, 3.05) is 54.3 Å². The predicted octanol–water partition coefficient (Wildman–Crippen LogP) is 12.6. The molecule has 15 rings (SSSR count). The lowest BCUT2D eigenvalue weighted by Crippen LogP contribution is -2.23. The molecule has 15 aromatic rings. The molecule has 0 aliphatic carbocycles. The maximum absolute atomic E-state index is 13.8. The fourth-order valence-electron chi connectivity index (χ4n) is 11.8. The fourth-order valence-corrected chi connectivity index (χ4v) is 11.8. The molecular weight excluding hydrogens is 1470 g/mol. The number of methoxy groups -OCH3 is 3. The van der Waals surface area contributed by atoms with Crippen LogP contribution in [-0.2, 0) is 19.6 Å². The fraction of sp³-hybridized carbons (Fsp3) is 0.211. The van der Waals surface area contributed by atoms with Crippen molar-refractivity contribution in [3.63, 3.8) is 0 Å². The van der Waals surface area contributed by atoms with Crippen molar-refractivity contribution < 1.29 is 73.0 Å². The van der Waals surface area contributed by atoms with Crippen LogP contribution in [0.15, 0.2) is 197 Å². The average Bonchev–Trinajstić information content (AvgIpc) is 1.63. The highest BCUT2D eigenvalue weighted by atomic mass is 19.4. The third-order valence-electron chi connectivity index (χ3n) is 16.8. The third-order valence-corrected chi connectivity index (χ3v) is 16.8. The molecule has 0 bridgehead atoms. The molecule has 0 atom stereocenters. The smallest absolute Gasteiger partial charge is 0.422 e. The van der Waals surface area contributed by atoms with Gasteiger partial charge in [-0.15, -0.1) is 0 Å². The molecule has 0 spiro atoms. The Kier molecular flexibility index (Phi) is 21.8. The number of pyridine rings is 3. The number of fused-ring (bicyclic) bond motifs is 6. The van der Waals surface area contributed by atoms with Crippen LogP contribution in [0.2, 0.25) is 0 Å². The Balaban J connectivity index is 0.000000146. The molecule has 0 aliphatic heterocycles. The minimum Gasteiger partial charge on any atom is -0.497 e. The zero-order valence-corrected chi connectivity index (χ0v) is 59.0. The molecule has 0 amide bonds. The Morgan fingerprint density at radius 3 is 0.937 bits per heavy atom. The molecule has 35 heteroatoms. The maximum Gasteiger partial charge on any atom is 0.422 e. The number of halogens is 9. The van der Waals surface area contributed by atoms with E-state index in [9.17, 15) is 59.0 Å². The van der Waals surface area contributed by atoms with Gasteiger partial charge in [-0.1, -0.05) is 25.1 Å². The molecule has 0 saturated carbocycles. The van der Waals surface area contributed by atoms with E-state index in [0.29, 0.717) is 87.2 Å². The summed E-state index contributed by atoms with van der Waals surface area (Å²) in [4.78, 5) is 67.5. The van der Waals surface area contributed by atoms with Gasteiger partial charge in [-0.05, 0) is 134 Å². The molecular formula is C76H63F9N16O10. The lowest BCUT2D eigenvalue weighted by molar-refractivity contribution is -0.154. The van der Waals surface area contributed by atoms with Crippen LogP contribution in [0.4, 0.5) is 39.5 Å². The standard InChI is InChI=1S/C26H22F3N5O3.C25H21F3N6O3.C25H20F3N5O4/c1-3-12-33-14-17-13-16(4-9-20(17)32-33)23-25(35)34(18-5-7-19(36-2)8-6-18)24-21(30-23)10-11-22(31-24)37-15-26(27,28)29;1-36-18-5-3-17(4-6-18)34-23-20(8-9-21(31-23)37-14-25(26,27)28)30-22(24(34)35)15-2-7-19-16(12-15)13-33(32-19)11-10-29;1-36-18-5-3-17(4-6-18)33-23-20(8-9-21(30-23)37-14-25(26,27)28)29-22(24(33)35)15-2-7-19-16(12-15)13-32(31-19)10-11-34/h4-11,13-14H,3,12,15H2,1-2H3;2-9,12-13H,10-11,14,29H2,1H3;2-9,12-13,34H,10-11,14H2,1H3. The number of aliphatic hydroxyl groups is 1. The first-order chi connectivity index (χ1) is 53.3. The van der Waals surface area contributed by atoms with Gasteiger partial charge in [0.25, 0.3) is 16.7 Å². The number of nitrogens with zero attached hydrogens (tertiary/aromatic N) is 15. The molecule has 0 fully saturated rings. The van der Waals surface area contributed by atoms with Crippen LogP contribution >= 0.6 is 0 Å². The molecule has 9 aromatic heterocycles. The molecule has 0 radical (unpaired) electrons. The molecule has 0 saturated heterocycles. The number of hydrogen-bond acceptors (Lipinski definition) is 20. The Bertz CT molecular complexity index is 5520. The van der Waals surface area contributed by atoms with E-state index in [1.165, 1.54) is 71.4 Å². The molecule has 9 heterocycles. The monoisotopic (exact) mass is 1530 g/mol. The second-order valence-electron chi connectivity index (χ2n) is 24.6. The highest BCUT2D eigenvalue weighted by Crippen LogP contribution is 2.32. The Labute approximate surface area is 620 Å². The average molecular weight is 1530 g/mol. The summed E-state index contributed by atoms with van der Waals surface area (Å²) in [7, 11) is 4.54. The first kappa shape index (κ1) is 75.9. The SMILES string of the molecule is CCCn1cc2cc(-c3nc4ccc(OCC(F)(F)F)nc4n(-c4ccc(OC)cc4)c3=O)ccc2n1.COc1ccc(-n2c(=O)c(-c3ccc4nn(CCN)cc4c3)nc3ccc(OCC(F)(F)F)nc32)cc1.COc1ccc(-n2c(=O)c(-c3ccc4nn(CCO)cc4c3)nc3ccc(OCC(F)(F)F)nc32)cc1. The van der Waals surface area contributed by atoms with Crippen LogP contribution in [0.5, 0.6) is 34.9 Å². The van der Waals surface area contributed by atoms with E-state index in [0.717, 1.165) is 40.2 Å². The van der Waals surface area contributed by atoms with Crippen LogP contribution in [0, 0.1) is 0 Å². The molecule has 111 heavy (non-hydrogen) atoms. The number of nitrogens with two attached hydrogens (primary N) is 1. The number of aliphatic hydroxyl groups excluding tert-OH is 1. The lowest BCUT2D eigenvalue weighted by Gasteiger charge is -2.14. The topological polar surface area (TPSA) is 298 Å². The summed E-state index contributed by atoms with van der Waals surface area (Å²) < 4.78 is 153. The van der Waals surface area contributed by atoms with Gasteiger partial charge in [0.15, 0.2) is 36.8 Å².